The van der Waals surface area contributed by atoms with Gasteiger partial charge in [0.05, 0.1) is 14.2 Å². The van der Waals surface area contributed by atoms with Crippen LogP contribution in [-0.2, 0) is 0 Å². The van der Waals surface area contributed by atoms with Crippen LogP contribution in [0.5, 0.6) is 17.2 Å². The van der Waals surface area contributed by atoms with Crippen LogP contribution in [0.25, 0.3) is 0 Å². The average Bonchev–Trinajstić information content (AvgIpc) is 2.26. The molecule has 0 radical (unpaired) electrons. The molecule has 5 heteroatoms. The smallest absolute Gasteiger partial charge is 0.412 e. The normalized spacial score (nSPS) is 10.1. The molecule has 0 fully saturated rings. The van der Waals surface area contributed by atoms with Crippen molar-refractivity contribution in [1.29, 1.82) is 0 Å². The van der Waals surface area contributed by atoms with Crippen molar-refractivity contribution in [2.24, 2.45) is 0 Å². The summed E-state index contributed by atoms with van der Waals surface area (Å²) in [5.74, 6) is 1.59. The van der Waals surface area contributed by atoms with Gasteiger partial charge in [-0.05, 0) is 32.4 Å². The first-order valence-corrected chi connectivity index (χ1v) is 5.69. The molecule has 0 atom stereocenters. The molecule has 0 heterocycles. The molecule has 0 aliphatic rings. The fourth-order valence-corrected chi connectivity index (χ4v) is 1.55. The minimum atomic E-state index is -0.489. The number of hydrogen-bond acceptors (Lipinski definition) is 4. The van der Waals surface area contributed by atoms with Gasteiger partial charge in [0, 0.05) is 12.1 Å². The number of nitrogens with one attached hydrogen (secondary N) is 1. The first-order valence-electron chi connectivity index (χ1n) is 5.69. The van der Waals surface area contributed by atoms with Gasteiger partial charge in [0.15, 0.2) is 11.5 Å². The maximum absolute atomic E-state index is 11.5. The quantitative estimate of drug-likeness (QED) is 0.895. The summed E-state index contributed by atoms with van der Waals surface area (Å²) < 4.78 is 15.6. The maximum Gasteiger partial charge on any atom is 0.412 e. The van der Waals surface area contributed by atoms with E-state index in [1.165, 1.54) is 7.11 Å². The summed E-state index contributed by atoms with van der Waals surface area (Å²) in [5, 5.41) is 2.64. The van der Waals surface area contributed by atoms with Gasteiger partial charge in [0.2, 0.25) is 0 Å². The van der Waals surface area contributed by atoms with Gasteiger partial charge >= 0.3 is 6.09 Å². The third-order valence-corrected chi connectivity index (χ3v) is 2.26. The molecule has 1 rings (SSSR count). The maximum atomic E-state index is 11.5. The van der Waals surface area contributed by atoms with Gasteiger partial charge in [-0.15, -0.1) is 0 Å². The summed E-state index contributed by atoms with van der Waals surface area (Å²) >= 11 is 0. The lowest BCUT2D eigenvalue weighted by molar-refractivity contribution is 0.197. The highest BCUT2D eigenvalue weighted by atomic mass is 16.6. The predicted octanol–water partition coefficient (Wildman–Crippen LogP) is 2.51. The third-order valence-electron chi connectivity index (χ3n) is 2.26. The molecule has 100 valence electrons. The highest BCUT2D eigenvalue weighted by Gasteiger charge is 2.12. The highest BCUT2D eigenvalue weighted by molar-refractivity contribution is 5.71. The molecule has 1 amide bonds. The zero-order valence-corrected chi connectivity index (χ0v) is 11.4. The van der Waals surface area contributed by atoms with Crippen LogP contribution in [0, 0.1) is 6.92 Å². The number of ether oxygens (including phenoxy) is 3. The topological polar surface area (TPSA) is 56.8 Å². The van der Waals surface area contributed by atoms with Crippen molar-refractivity contribution < 1.29 is 19.0 Å². The zero-order chi connectivity index (χ0) is 13.7. The molecular formula is C13H19NO4. The second kappa shape index (κ2) is 6.14. The Morgan fingerprint density at radius 3 is 2.39 bits per heavy atom. The van der Waals surface area contributed by atoms with Crippen molar-refractivity contribution in [1.82, 2.24) is 5.32 Å². The summed E-state index contributed by atoms with van der Waals surface area (Å²) in [6.07, 6.45) is -0.489. The molecule has 0 unspecified atom stereocenters. The molecule has 1 aromatic rings. The number of hydrogen-bond donors (Lipinski definition) is 1. The molecule has 0 bridgehead atoms. The Balaban J connectivity index is 2.91. The number of methoxy groups -OCH3 is 2. The van der Waals surface area contributed by atoms with Crippen molar-refractivity contribution in [2.45, 2.75) is 26.8 Å². The number of aryl methyl sites for hydroxylation is 1. The molecule has 5 nitrogen and oxygen atoms in total. The number of benzene rings is 1. The SMILES string of the molecule is COc1cc(OC(=O)NC(C)C)cc(C)c1OC. The molecule has 0 aliphatic heterocycles. The highest BCUT2D eigenvalue weighted by Crippen LogP contribution is 2.34. The molecule has 18 heavy (non-hydrogen) atoms. The molecule has 0 aliphatic carbocycles. The lowest BCUT2D eigenvalue weighted by Gasteiger charge is -2.13. The average molecular weight is 253 g/mol. The fraction of sp³-hybridized carbons (Fsp3) is 0.462. The predicted molar refractivity (Wildman–Crippen MR) is 68.6 cm³/mol. The lowest BCUT2D eigenvalue weighted by atomic mass is 10.2. The second-order valence-electron chi connectivity index (χ2n) is 4.16. The van der Waals surface area contributed by atoms with Gasteiger partial charge in [0.25, 0.3) is 0 Å². The molecule has 0 saturated heterocycles. The standard InChI is InChI=1S/C13H19NO4/c1-8(2)14-13(15)18-10-6-9(3)12(17-5)11(7-10)16-4/h6-8H,1-5H3,(H,14,15). The minimum Gasteiger partial charge on any atom is -0.493 e. The Kier molecular flexibility index (Phi) is 4.83. The Bertz CT molecular complexity index is 429. The summed E-state index contributed by atoms with van der Waals surface area (Å²) in [5.41, 5.74) is 0.837. The van der Waals surface area contributed by atoms with Crippen LogP contribution in [0.2, 0.25) is 0 Å². The number of carbonyl (C=O) groups excluding carboxylic acids is 1. The van der Waals surface area contributed by atoms with Crippen LogP contribution in [-0.4, -0.2) is 26.4 Å². The van der Waals surface area contributed by atoms with E-state index in [4.69, 9.17) is 14.2 Å². The Labute approximate surface area is 107 Å². The van der Waals surface area contributed by atoms with E-state index in [0.717, 1.165) is 5.56 Å². The monoisotopic (exact) mass is 253 g/mol. The van der Waals surface area contributed by atoms with E-state index in [9.17, 15) is 4.79 Å². The molecule has 1 N–H and O–H groups in total. The van der Waals surface area contributed by atoms with E-state index in [2.05, 4.69) is 5.32 Å². The van der Waals surface area contributed by atoms with Crippen LogP contribution < -0.4 is 19.5 Å². The van der Waals surface area contributed by atoms with E-state index >= 15 is 0 Å². The van der Waals surface area contributed by atoms with E-state index in [0.29, 0.717) is 17.2 Å². The minimum absolute atomic E-state index is 0.0266. The van der Waals surface area contributed by atoms with Crippen molar-refractivity contribution >= 4 is 6.09 Å². The van der Waals surface area contributed by atoms with E-state index in [1.807, 2.05) is 20.8 Å². The van der Waals surface area contributed by atoms with Gasteiger partial charge < -0.3 is 19.5 Å². The van der Waals surface area contributed by atoms with Crippen LogP contribution in [0.4, 0.5) is 4.79 Å². The summed E-state index contributed by atoms with van der Waals surface area (Å²) in [7, 11) is 3.10. The largest absolute Gasteiger partial charge is 0.493 e. The van der Waals surface area contributed by atoms with Gasteiger partial charge in [-0.3, -0.25) is 0 Å². The number of rotatable bonds is 4. The second-order valence-corrected chi connectivity index (χ2v) is 4.16. The van der Waals surface area contributed by atoms with Crippen LogP contribution in [0.15, 0.2) is 12.1 Å². The van der Waals surface area contributed by atoms with Crippen molar-refractivity contribution in [3.05, 3.63) is 17.7 Å². The first kappa shape index (κ1) is 14.2. The van der Waals surface area contributed by atoms with Crippen LogP contribution >= 0.6 is 0 Å². The van der Waals surface area contributed by atoms with E-state index in [-0.39, 0.29) is 6.04 Å². The lowest BCUT2D eigenvalue weighted by Crippen LogP contribution is -2.32. The number of carbonyl (C=O) groups is 1. The van der Waals surface area contributed by atoms with Gasteiger partial charge in [0.1, 0.15) is 5.75 Å². The Morgan fingerprint density at radius 2 is 1.89 bits per heavy atom. The van der Waals surface area contributed by atoms with Gasteiger partial charge in [-0.1, -0.05) is 0 Å². The molecular weight excluding hydrogens is 234 g/mol. The molecule has 0 aromatic heterocycles. The number of amides is 1. The molecule has 0 saturated carbocycles. The fourth-order valence-electron chi connectivity index (χ4n) is 1.55. The molecule has 1 aromatic carbocycles. The van der Waals surface area contributed by atoms with Crippen LogP contribution in [0.1, 0.15) is 19.4 Å². The van der Waals surface area contributed by atoms with Gasteiger partial charge in [-0.25, -0.2) is 4.79 Å². The van der Waals surface area contributed by atoms with E-state index < -0.39 is 6.09 Å². The Hall–Kier alpha value is -1.91. The summed E-state index contributed by atoms with van der Waals surface area (Å²) in [6.45, 7) is 5.58. The van der Waals surface area contributed by atoms with E-state index in [1.54, 1.807) is 19.2 Å². The molecule has 0 spiro atoms. The zero-order valence-electron chi connectivity index (χ0n) is 11.4. The first-order chi connectivity index (χ1) is 8.47. The Morgan fingerprint density at radius 1 is 1.22 bits per heavy atom. The third kappa shape index (κ3) is 3.55. The van der Waals surface area contributed by atoms with Crippen molar-refractivity contribution in [3.8, 4) is 17.2 Å². The van der Waals surface area contributed by atoms with Gasteiger partial charge in [-0.2, -0.15) is 0 Å². The summed E-state index contributed by atoms with van der Waals surface area (Å²) in [6, 6.07) is 3.37. The summed E-state index contributed by atoms with van der Waals surface area (Å²) in [4.78, 5) is 11.5. The van der Waals surface area contributed by atoms with Crippen molar-refractivity contribution in [2.75, 3.05) is 14.2 Å². The van der Waals surface area contributed by atoms with Crippen molar-refractivity contribution in [3.63, 3.8) is 0 Å². The van der Waals surface area contributed by atoms with Crippen LogP contribution in [0.3, 0.4) is 0 Å².